The van der Waals surface area contributed by atoms with Gasteiger partial charge >= 0.3 is 0 Å². The summed E-state index contributed by atoms with van der Waals surface area (Å²) in [4.78, 5) is 0. The smallest absolute Gasteiger partial charge is 0.170 e. The molecule has 1 atom stereocenters. The van der Waals surface area contributed by atoms with Gasteiger partial charge in [-0.25, -0.2) is 0 Å². The fourth-order valence-electron chi connectivity index (χ4n) is 2.35. The Hall–Kier alpha value is -0.803. The zero-order chi connectivity index (χ0) is 12.5. The fraction of sp³-hybridized carbons (Fsp3) is 0.571. The Kier molecular flexibility index (Phi) is 3.59. The molecular formula is C14H22O2Si. The van der Waals surface area contributed by atoms with Crippen LogP contribution in [0.1, 0.15) is 26.7 Å². The minimum Gasteiger partial charge on any atom is -0.450 e. The van der Waals surface area contributed by atoms with Crippen molar-refractivity contribution in [3.05, 3.63) is 18.2 Å². The Bertz CT molecular complexity index is 401. The van der Waals surface area contributed by atoms with Gasteiger partial charge in [0.15, 0.2) is 11.5 Å². The van der Waals surface area contributed by atoms with Crippen LogP contribution in [0, 0.1) is 0 Å². The molecule has 0 aromatic heterocycles. The van der Waals surface area contributed by atoms with E-state index in [2.05, 4.69) is 45.1 Å². The van der Waals surface area contributed by atoms with Gasteiger partial charge in [-0.1, -0.05) is 38.2 Å². The van der Waals surface area contributed by atoms with Crippen molar-refractivity contribution < 1.29 is 9.47 Å². The van der Waals surface area contributed by atoms with Crippen molar-refractivity contribution in [2.45, 2.75) is 45.5 Å². The molecule has 1 aromatic rings. The quantitative estimate of drug-likeness (QED) is 0.578. The molecule has 0 fully saturated rings. The fourth-order valence-corrected chi connectivity index (χ4v) is 5.29. The lowest BCUT2D eigenvalue weighted by molar-refractivity contribution is 0.0985. The molecule has 3 heteroatoms. The second kappa shape index (κ2) is 4.82. The van der Waals surface area contributed by atoms with Crippen LogP contribution in [-0.2, 0) is 4.74 Å². The molecule has 2 nitrogen and oxygen atoms in total. The number of ether oxygens (including phenoxy) is 2. The third-order valence-electron chi connectivity index (χ3n) is 3.56. The Morgan fingerprint density at radius 1 is 1.24 bits per heavy atom. The van der Waals surface area contributed by atoms with E-state index in [0.29, 0.717) is 5.73 Å². The highest BCUT2D eigenvalue weighted by molar-refractivity contribution is 6.90. The van der Waals surface area contributed by atoms with E-state index in [-0.39, 0.29) is 0 Å². The van der Waals surface area contributed by atoms with Gasteiger partial charge in [0, 0.05) is 6.61 Å². The van der Waals surface area contributed by atoms with Gasteiger partial charge in [-0.2, -0.15) is 0 Å². The molecule has 0 spiro atoms. The van der Waals surface area contributed by atoms with E-state index in [1.54, 1.807) is 0 Å². The van der Waals surface area contributed by atoms with Gasteiger partial charge in [0.2, 0.25) is 0 Å². The average Bonchev–Trinajstić information content (AvgIpc) is 3.07. The zero-order valence-electron chi connectivity index (χ0n) is 11.2. The topological polar surface area (TPSA) is 21.8 Å². The van der Waals surface area contributed by atoms with Gasteiger partial charge in [-0.15, -0.1) is 0 Å². The standard InChI is InChI=1S/C14H22O2Si/c1-5-9-15-14(6-2)17(3,4)11-7-8-12-13(10-11)16-12/h7-8,10,14H,5-6,9H2,1-4H3. The average molecular weight is 250 g/mol. The largest absolute Gasteiger partial charge is 0.450 e. The number of rotatable bonds is 6. The minimum atomic E-state index is -1.55. The van der Waals surface area contributed by atoms with Crippen LogP contribution in [0.25, 0.3) is 0 Å². The van der Waals surface area contributed by atoms with E-state index in [4.69, 9.17) is 9.47 Å². The van der Waals surface area contributed by atoms with E-state index >= 15 is 0 Å². The molecule has 0 bridgehead atoms. The van der Waals surface area contributed by atoms with Crippen LogP contribution >= 0.6 is 0 Å². The predicted molar refractivity (Wildman–Crippen MR) is 74.0 cm³/mol. The van der Waals surface area contributed by atoms with Crippen molar-refractivity contribution in [2.24, 2.45) is 0 Å². The van der Waals surface area contributed by atoms with Gasteiger partial charge in [-0.05, 0) is 25.0 Å². The monoisotopic (exact) mass is 250 g/mol. The highest BCUT2D eigenvalue weighted by Crippen LogP contribution is 2.44. The van der Waals surface area contributed by atoms with E-state index in [1.807, 2.05) is 0 Å². The molecule has 0 N–H and O–H groups in total. The first kappa shape index (κ1) is 12.6. The number of benzene rings is 1. The molecule has 0 radical (unpaired) electrons. The lowest BCUT2D eigenvalue weighted by Gasteiger charge is -2.32. The number of fused-ring (bicyclic) bond motifs is 1. The van der Waals surface area contributed by atoms with E-state index in [9.17, 15) is 0 Å². The van der Waals surface area contributed by atoms with Crippen molar-refractivity contribution in [2.75, 3.05) is 6.61 Å². The molecule has 0 saturated carbocycles. The molecule has 2 rings (SSSR count). The number of hydrogen-bond acceptors (Lipinski definition) is 2. The molecule has 0 aliphatic carbocycles. The Balaban J connectivity index is 2.15. The van der Waals surface area contributed by atoms with Gasteiger partial charge < -0.3 is 9.47 Å². The van der Waals surface area contributed by atoms with Crippen molar-refractivity contribution in [1.29, 1.82) is 0 Å². The van der Waals surface area contributed by atoms with Gasteiger partial charge in [0.05, 0.1) is 5.73 Å². The van der Waals surface area contributed by atoms with Crippen molar-refractivity contribution in [3.63, 3.8) is 0 Å². The first-order chi connectivity index (χ1) is 8.09. The maximum atomic E-state index is 6.04. The lowest BCUT2D eigenvalue weighted by Crippen LogP contribution is -2.53. The summed E-state index contributed by atoms with van der Waals surface area (Å²) in [6, 6.07) is 6.52. The Morgan fingerprint density at radius 2 is 2.00 bits per heavy atom. The third-order valence-corrected chi connectivity index (χ3v) is 7.55. The summed E-state index contributed by atoms with van der Waals surface area (Å²) in [6.45, 7) is 10.0. The summed E-state index contributed by atoms with van der Waals surface area (Å²) in [5, 5.41) is 1.44. The maximum absolute atomic E-state index is 6.04. The van der Waals surface area contributed by atoms with Crippen molar-refractivity contribution >= 4 is 13.3 Å². The second-order valence-corrected chi connectivity index (χ2v) is 9.92. The van der Waals surface area contributed by atoms with Crippen molar-refractivity contribution in [1.82, 2.24) is 0 Å². The molecule has 1 aromatic carbocycles. The molecular weight excluding hydrogens is 228 g/mol. The molecule has 17 heavy (non-hydrogen) atoms. The lowest BCUT2D eigenvalue weighted by atomic mass is 10.4. The minimum absolute atomic E-state index is 0.402. The van der Waals surface area contributed by atoms with Crippen LogP contribution in [-0.4, -0.2) is 20.4 Å². The van der Waals surface area contributed by atoms with Gasteiger partial charge in [0.1, 0.15) is 8.07 Å². The predicted octanol–water partition coefficient (Wildman–Crippen LogP) is 3.45. The van der Waals surface area contributed by atoms with Crippen LogP contribution < -0.4 is 9.92 Å². The Morgan fingerprint density at radius 3 is 2.59 bits per heavy atom. The molecule has 1 aliphatic heterocycles. The summed E-state index contributed by atoms with van der Waals surface area (Å²) >= 11 is 0. The summed E-state index contributed by atoms with van der Waals surface area (Å²) in [7, 11) is -1.55. The maximum Gasteiger partial charge on any atom is 0.170 e. The highest BCUT2D eigenvalue weighted by atomic mass is 28.3. The highest BCUT2D eigenvalue weighted by Gasteiger charge is 2.35. The first-order valence-electron chi connectivity index (χ1n) is 6.53. The van der Waals surface area contributed by atoms with Crippen LogP contribution in [0.4, 0.5) is 0 Å². The summed E-state index contributed by atoms with van der Waals surface area (Å²) in [5.41, 5.74) is 0.402. The zero-order valence-corrected chi connectivity index (χ0v) is 12.2. The first-order valence-corrected chi connectivity index (χ1v) is 9.61. The molecule has 1 heterocycles. The molecule has 0 amide bonds. The van der Waals surface area contributed by atoms with E-state index < -0.39 is 8.07 Å². The van der Waals surface area contributed by atoms with Gasteiger partial charge in [0.25, 0.3) is 0 Å². The van der Waals surface area contributed by atoms with Crippen LogP contribution in [0.15, 0.2) is 18.2 Å². The normalized spacial score (nSPS) is 15.1. The van der Waals surface area contributed by atoms with Crippen LogP contribution in [0.3, 0.4) is 0 Å². The summed E-state index contributed by atoms with van der Waals surface area (Å²) < 4.78 is 11.4. The van der Waals surface area contributed by atoms with Gasteiger partial charge in [-0.3, -0.25) is 0 Å². The molecule has 1 unspecified atom stereocenters. The van der Waals surface area contributed by atoms with Crippen molar-refractivity contribution in [3.8, 4) is 11.5 Å². The molecule has 1 aliphatic rings. The third kappa shape index (κ3) is 2.55. The van der Waals surface area contributed by atoms with E-state index in [0.717, 1.165) is 30.9 Å². The molecule has 0 saturated heterocycles. The van der Waals surface area contributed by atoms with Crippen LogP contribution in [0.5, 0.6) is 11.5 Å². The summed E-state index contributed by atoms with van der Waals surface area (Å²) in [6.07, 6.45) is 2.19. The van der Waals surface area contributed by atoms with E-state index in [1.165, 1.54) is 5.19 Å². The number of hydrogen-bond donors (Lipinski definition) is 0. The van der Waals surface area contributed by atoms with Crippen LogP contribution in [0.2, 0.25) is 13.1 Å². The Labute approximate surface area is 105 Å². The SMILES string of the molecule is CCCOC(CC)[Si](C)(C)c1ccc2c(c1)O2. The molecule has 94 valence electrons. The summed E-state index contributed by atoms with van der Waals surface area (Å²) in [5.74, 6) is 2.11. The second-order valence-electron chi connectivity index (χ2n) is 5.25.